The normalized spacial score (nSPS) is 13.1. The van der Waals surface area contributed by atoms with Crippen molar-refractivity contribution in [3.05, 3.63) is 65.7 Å². The lowest BCUT2D eigenvalue weighted by molar-refractivity contribution is -0.139. The van der Waals surface area contributed by atoms with Crippen LogP contribution >= 0.6 is 0 Å². The summed E-state index contributed by atoms with van der Waals surface area (Å²) in [6.45, 7) is 2.95. The van der Waals surface area contributed by atoms with Crippen molar-refractivity contribution in [1.82, 2.24) is 5.32 Å². The molecule has 0 amide bonds. The van der Waals surface area contributed by atoms with Crippen molar-refractivity contribution in [3.8, 4) is 5.75 Å². The maximum absolute atomic E-state index is 11.2. The molecular weight excluding hydrogens is 318 g/mol. The molecule has 0 heterocycles. The minimum absolute atomic E-state index is 0.0908. The Labute approximate surface area is 148 Å². The van der Waals surface area contributed by atoms with Crippen LogP contribution in [0.1, 0.15) is 24.2 Å². The summed E-state index contributed by atoms with van der Waals surface area (Å²) in [7, 11) is 1.38. The number of nitrogens with one attached hydrogen (secondary N) is 1. The second-order valence-electron chi connectivity index (χ2n) is 5.94. The molecule has 2 N–H and O–H groups in total. The number of aliphatic hydroxyl groups excluding tert-OH is 1. The Balaban J connectivity index is 1.72. The number of ether oxygens (including phenoxy) is 2. The van der Waals surface area contributed by atoms with Crippen LogP contribution in [0, 0.1) is 0 Å². The van der Waals surface area contributed by atoms with Crippen LogP contribution in [-0.4, -0.2) is 37.4 Å². The summed E-state index contributed by atoms with van der Waals surface area (Å²) < 4.78 is 10.4. The predicted octanol–water partition coefficient (Wildman–Crippen LogP) is 2.49. The van der Waals surface area contributed by atoms with Crippen LogP contribution < -0.4 is 10.1 Å². The van der Waals surface area contributed by atoms with Crippen molar-refractivity contribution in [1.29, 1.82) is 0 Å². The first-order valence-corrected chi connectivity index (χ1v) is 8.33. The van der Waals surface area contributed by atoms with Crippen LogP contribution in [0.2, 0.25) is 0 Å². The molecule has 2 rings (SSSR count). The molecule has 0 bridgehead atoms. The van der Waals surface area contributed by atoms with E-state index in [1.807, 2.05) is 61.5 Å². The van der Waals surface area contributed by atoms with E-state index in [1.54, 1.807) is 0 Å². The van der Waals surface area contributed by atoms with Gasteiger partial charge < -0.3 is 19.9 Å². The van der Waals surface area contributed by atoms with E-state index in [9.17, 15) is 9.90 Å². The van der Waals surface area contributed by atoms with Gasteiger partial charge in [-0.25, -0.2) is 0 Å². The Morgan fingerprint density at radius 2 is 1.80 bits per heavy atom. The minimum atomic E-state index is -0.541. The fourth-order valence-electron chi connectivity index (χ4n) is 2.33. The van der Waals surface area contributed by atoms with Crippen LogP contribution in [-0.2, 0) is 16.0 Å². The molecule has 0 fully saturated rings. The minimum Gasteiger partial charge on any atom is -0.492 e. The lowest BCUT2D eigenvalue weighted by Gasteiger charge is -2.18. The van der Waals surface area contributed by atoms with Crippen molar-refractivity contribution in [2.75, 3.05) is 20.3 Å². The largest absolute Gasteiger partial charge is 0.492 e. The highest BCUT2D eigenvalue weighted by Gasteiger charge is 2.09. The van der Waals surface area contributed by atoms with Gasteiger partial charge in [0.15, 0.2) is 0 Å². The monoisotopic (exact) mass is 343 g/mol. The van der Waals surface area contributed by atoms with E-state index >= 15 is 0 Å². The molecule has 0 unspecified atom stereocenters. The number of hydrogen-bond acceptors (Lipinski definition) is 5. The van der Waals surface area contributed by atoms with E-state index < -0.39 is 6.10 Å². The van der Waals surface area contributed by atoms with Crippen molar-refractivity contribution in [2.45, 2.75) is 25.5 Å². The number of carbonyl (C=O) groups excluding carboxylic acids is 1. The van der Waals surface area contributed by atoms with Gasteiger partial charge in [-0.1, -0.05) is 42.5 Å². The molecule has 0 radical (unpaired) electrons. The topological polar surface area (TPSA) is 67.8 Å². The number of rotatable bonds is 9. The molecule has 2 atom stereocenters. The zero-order valence-corrected chi connectivity index (χ0v) is 14.6. The highest BCUT2D eigenvalue weighted by atomic mass is 16.5. The molecule has 0 aliphatic rings. The summed E-state index contributed by atoms with van der Waals surface area (Å²) in [6.07, 6.45) is -0.284. The van der Waals surface area contributed by atoms with E-state index in [0.29, 0.717) is 13.2 Å². The van der Waals surface area contributed by atoms with Crippen molar-refractivity contribution in [2.24, 2.45) is 0 Å². The Bertz CT molecular complexity index is 643. The number of methoxy groups -OCH3 is 1. The SMILES string of the molecule is COC(=O)Cc1ccc(OC[C@H](C)NC[C@H](O)c2ccccc2)cc1. The van der Waals surface area contributed by atoms with Gasteiger partial charge in [0.05, 0.1) is 19.6 Å². The average molecular weight is 343 g/mol. The van der Waals surface area contributed by atoms with Crippen LogP contribution in [0.5, 0.6) is 5.75 Å². The van der Waals surface area contributed by atoms with Crippen LogP contribution in [0.15, 0.2) is 54.6 Å². The third kappa shape index (κ3) is 6.57. The molecule has 0 aromatic heterocycles. The molecule has 0 saturated heterocycles. The number of aliphatic hydroxyl groups is 1. The summed E-state index contributed by atoms with van der Waals surface area (Å²) >= 11 is 0. The van der Waals surface area contributed by atoms with Gasteiger partial charge in [0.25, 0.3) is 0 Å². The first kappa shape index (κ1) is 19.0. The molecule has 0 spiro atoms. The molecular formula is C20H25NO4. The second kappa shape index (κ2) is 9.81. The lowest BCUT2D eigenvalue weighted by atomic mass is 10.1. The third-order valence-electron chi connectivity index (χ3n) is 3.84. The van der Waals surface area contributed by atoms with Gasteiger partial charge in [-0.15, -0.1) is 0 Å². The van der Waals surface area contributed by atoms with E-state index in [1.165, 1.54) is 7.11 Å². The number of carbonyl (C=O) groups is 1. The lowest BCUT2D eigenvalue weighted by Crippen LogP contribution is -2.34. The molecule has 134 valence electrons. The van der Waals surface area contributed by atoms with Crippen molar-refractivity contribution >= 4 is 5.97 Å². The average Bonchev–Trinajstić information content (AvgIpc) is 2.66. The molecule has 0 saturated carbocycles. The van der Waals surface area contributed by atoms with Crippen LogP contribution in [0.3, 0.4) is 0 Å². The van der Waals surface area contributed by atoms with Gasteiger partial charge in [0.1, 0.15) is 12.4 Å². The van der Waals surface area contributed by atoms with Gasteiger partial charge in [-0.3, -0.25) is 4.79 Å². The summed E-state index contributed by atoms with van der Waals surface area (Å²) in [5.41, 5.74) is 1.78. The number of benzene rings is 2. The molecule has 5 nitrogen and oxygen atoms in total. The fourth-order valence-corrected chi connectivity index (χ4v) is 2.33. The molecule has 5 heteroatoms. The van der Waals surface area contributed by atoms with Gasteiger partial charge in [-0.2, -0.15) is 0 Å². The maximum Gasteiger partial charge on any atom is 0.309 e. The Hall–Kier alpha value is -2.37. The van der Waals surface area contributed by atoms with Crippen LogP contribution in [0.4, 0.5) is 0 Å². The molecule has 2 aromatic carbocycles. The van der Waals surface area contributed by atoms with Crippen molar-refractivity contribution in [3.63, 3.8) is 0 Å². The summed E-state index contributed by atoms with van der Waals surface area (Å²) in [4.78, 5) is 11.2. The van der Waals surface area contributed by atoms with Crippen molar-refractivity contribution < 1.29 is 19.4 Å². The van der Waals surface area contributed by atoms with Crippen LogP contribution in [0.25, 0.3) is 0 Å². The molecule has 0 aliphatic carbocycles. The van der Waals surface area contributed by atoms with E-state index in [0.717, 1.165) is 16.9 Å². The standard InChI is InChI=1S/C20H25NO4/c1-15(21-13-19(22)17-6-4-3-5-7-17)14-25-18-10-8-16(9-11-18)12-20(23)24-2/h3-11,15,19,21-22H,12-14H2,1-2H3/t15-,19-/m0/s1. The predicted molar refractivity (Wildman–Crippen MR) is 96.5 cm³/mol. The Morgan fingerprint density at radius 3 is 2.44 bits per heavy atom. The molecule has 2 aromatic rings. The Kier molecular flexibility index (Phi) is 7.44. The zero-order valence-electron chi connectivity index (χ0n) is 14.6. The number of hydrogen-bond donors (Lipinski definition) is 2. The summed E-state index contributed by atoms with van der Waals surface area (Å²) in [5, 5.41) is 13.4. The zero-order chi connectivity index (χ0) is 18.1. The maximum atomic E-state index is 11.2. The van der Waals surface area contributed by atoms with Gasteiger partial charge in [0.2, 0.25) is 0 Å². The van der Waals surface area contributed by atoms with Gasteiger partial charge in [-0.05, 0) is 30.2 Å². The second-order valence-corrected chi connectivity index (χ2v) is 5.94. The quantitative estimate of drug-likeness (QED) is 0.685. The number of esters is 1. The molecule has 0 aliphatic heterocycles. The first-order valence-electron chi connectivity index (χ1n) is 8.33. The van der Waals surface area contributed by atoms with E-state index in [4.69, 9.17) is 4.74 Å². The first-order chi connectivity index (χ1) is 12.1. The highest BCUT2D eigenvalue weighted by molar-refractivity contribution is 5.72. The molecule has 25 heavy (non-hydrogen) atoms. The van der Waals surface area contributed by atoms with E-state index in [-0.39, 0.29) is 18.4 Å². The van der Waals surface area contributed by atoms with Gasteiger partial charge in [0, 0.05) is 12.6 Å². The highest BCUT2D eigenvalue weighted by Crippen LogP contribution is 2.14. The third-order valence-corrected chi connectivity index (χ3v) is 3.84. The Morgan fingerprint density at radius 1 is 1.12 bits per heavy atom. The smallest absolute Gasteiger partial charge is 0.309 e. The summed E-state index contributed by atoms with van der Waals surface area (Å²) in [6, 6.07) is 17.0. The summed E-state index contributed by atoms with van der Waals surface area (Å²) in [5.74, 6) is 0.481. The van der Waals surface area contributed by atoms with E-state index in [2.05, 4.69) is 10.1 Å². The van der Waals surface area contributed by atoms with Gasteiger partial charge >= 0.3 is 5.97 Å². The fraction of sp³-hybridized carbons (Fsp3) is 0.350.